The van der Waals surface area contributed by atoms with Crippen molar-refractivity contribution in [1.82, 2.24) is 25.7 Å². The molecule has 136 valence electrons. The fourth-order valence-corrected chi connectivity index (χ4v) is 3.36. The van der Waals surface area contributed by atoms with Crippen molar-refractivity contribution < 1.29 is 27.6 Å². The minimum absolute atomic E-state index is 0.139. The molecule has 2 aliphatic rings. The highest BCUT2D eigenvalue weighted by molar-refractivity contribution is 6.07. The van der Waals surface area contributed by atoms with Gasteiger partial charge in [0.05, 0.1) is 0 Å². The monoisotopic (exact) mass is 359 g/mol. The molecule has 1 aromatic heterocycles. The molecule has 1 spiro atoms. The minimum atomic E-state index is -4.56. The van der Waals surface area contributed by atoms with Gasteiger partial charge in [-0.3, -0.25) is 19.6 Å². The Bertz CT molecular complexity index is 717. The zero-order chi connectivity index (χ0) is 18.2. The number of alkyl halides is 3. The Labute approximate surface area is 140 Å². The second kappa shape index (κ2) is 6.05. The van der Waals surface area contributed by atoms with Crippen molar-refractivity contribution in [2.45, 2.75) is 37.5 Å². The molecule has 4 amide bonds. The lowest BCUT2D eigenvalue weighted by Gasteiger charge is -2.28. The van der Waals surface area contributed by atoms with Gasteiger partial charge in [0.15, 0.2) is 5.69 Å². The van der Waals surface area contributed by atoms with E-state index in [1.807, 2.05) is 0 Å². The summed E-state index contributed by atoms with van der Waals surface area (Å²) < 4.78 is 38.3. The van der Waals surface area contributed by atoms with Crippen molar-refractivity contribution in [2.75, 3.05) is 6.54 Å². The van der Waals surface area contributed by atoms with Crippen LogP contribution in [-0.2, 0) is 22.3 Å². The quantitative estimate of drug-likeness (QED) is 0.677. The molecular formula is C14H16F3N5O3. The van der Waals surface area contributed by atoms with Crippen LogP contribution >= 0.6 is 0 Å². The van der Waals surface area contributed by atoms with E-state index in [2.05, 4.69) is 21.0 Å². The number of rotatable bonds is 4. The van der Waals surface area contributed by atoms with Gasteiger partial charge in [-0.05, 0) is 18.9 Å². The Balaban J connectivity index is 1.56. The van der Waals surface area contributed by atoms with Crippen LogP contribution in [0.15, 0.2) is 12.3 Å². The fourth-order valence-electron chi connectivity index (χ4n) is 3.36. The average molecular weight is 359 g/mol. The molecule has 11 heteroatoms. The van der Waals surface area contributed by atoms with Crippen molar-refractivity contribution in [1.29, 1.82) is 0 Å². The maximum absolute atomic E-state index is 12.5. The summed E-state index contributed by atoms with van der Waals surface area (Å²) in [5.74, 6) is -1.20. The fraction of sp³-hybridized carbons (Fsp3) is 0.571. The number of imide groups is 1. The zero-order valence-electron chi connectivity index (χ0n) is 13.0. The topological polar surface area (TPSA) is 105 Å². The molecule has 1 saturated heterocycles. The van der Waals surface area contributed by atoms with Crippen molar-refractivity contribution in [3.8, 4) is 0 Å². The van der Waals surface area contributed by atoms with Crippen molar-refractivity contribution in [3.05, 3.63) is 18.0 Å². The van der Waals surface area contributed by atoms with E-state index in [4.69, 9.17) is 0 Å². The summed E-state index contributed by atoms with van der Waals surface area (Å²) in [6.45, 7) is -0.228. The van der Waals surface area contributed by atoms with Gasteiger partial charge in [-0.15, -0.1) is 0 Å². The molecule has 2 fully saturated rings. The van der Waals surface area contributed by atoms with Crippen LogP contribution < -0.4 is 16.0 Å². The lowest BCUT2D eigenvalue weighted by atomic mass is 9.87. The van der Waals surface area contributed by atoms with E-state index >= 15 is 0 Å². The number of hydrogen-bond donors (Lipinski definition) is 3. The van der Waals surface area contributed by atoms with Crippen LogP contribution in [0, 0.1) is 5.92 Å². The highest BCUT2D eigenvalue weighted by Crippen LogP contribution is 2.37. The van der Waals surface area contributed by atoms with E-state index < -0.39 is 35.3 Å². The molecule has 1 saturated carbocycles. The van der Waals surface area contributed by atoms with Crippen LogP contribution in [-0.4, -0.2) is 39.7 Å². The van der Waals surface area contributed by atoms with Crippen LogP contribution in [0.1, 0.15) is 25.0 Å². The SMILES string of the molecule is O=C(Cn1ccc(C(F)(F)F)n1)NCC1CCCC12NC(=O)NC2=O. The summed E-state index contributed by atoms with van der Waals surface area (Å²) in [6, 6.07) is 0.233. The maximum Gasteiger partial charge on any atom is 0.435 e. The highest BCUT2D eigenvalue weighted by atomic mass is 19.4. The molecule has 1 aromatic rings. The molecule has 2 unspecified atom stereocenters. The zero-order valence-corrected chi connectivity index (χ0v) is 13.0. The van der Waals surface area contributed by atoms with Crippen molar-refractivity contribution >= 4 is 17.8 Å². The number of nitrogens with zero attached hydrogens (tertiary/aromatic N) is 2. The van der Waals surface area contributed by atoms with Gasteiger partial charge in [0, 0.05) is 18.7 Å². The van der Waals surface area contributed by atoms with Crippen molar-refractivity contribution in [3.63, 3.8) is 0 Å². The summed E-state index contributed by atoms with van der Waals surface area (Å²) in [4.78, 5) is 35.3. The molecule has 1 aliphatic carbocycles. The summed E-state index contributed by atoms with van der Waals surface area (Å²) in [7, 11) is 0. The Morgan fingerprint density at radius 1 is 1.44 bits per heavy atom. The molecule has 3 rings (SSSR count). The first-order valence-corrected chi connectivity index (χ1v) is 7.72. The third kappa shape index (κ3) is 3.30. The first kappa shape index (κ1) is 17.2. The molecule has 0 bridgehead atoms. The lowest BCUT2D eigenvalue weighted by Crippen LogP contribution is -2.53. The molecular weight excluding hydrogens is 343 g/mol. The van der Waals surface area contributed by atoms with Gasteiger partial charge in [0.1, 0.15) is 12.1 Å². The Kier molecular flexibility index (Phi) is 4.17. The summed E-state index contributed by atoms with van der Waals surface area (Å²) in [6.07, 6.45) is -1.63. The second-order valence-electron chi connectivity index (χ2n) is 6.17. The van der Waals surface area contributed by atoms with Gasteiger partial charge in [-0.2, -0.15) is 18.3 Å². The Hall–Kier alpha value is -2.59. The summed E-state index contributed by atoms with van der Waals surface area (Å²) >= 11 is 0. The number of urea groups is 1. The lowest BCUT2D eigenvalue weighted by molar-refractivity contribution is -0.141. The van der Waals surface area contributed by atoms with E-state index in [0.29, 0.717) is 12.8 Å². The van der Waals surface area contributed by atoms with Crippen LogP contribution in [0.4, 0.5) is 18.0 Å². The first-order chi connectivity index (χ1) is 11.7. The molecule has 0 aromatic carbocycles. The van der Waals surface area contributed by atoms with E-state index in [0.717, 1.165) is 23.4 Å². The number of hydrogen-bond acceptors (Lipinski definition) is 4. The summed E-state index contributed by atoms with van der Waals surface area (Å²) in [5, 5.41) is 10.7. The van der Waals surface area contributed by atoms with Crippen LogP contribution in [0.2, 0.25) is 0 Å². The van der Waals surface area contributed by atoms with E-state index in [9.17, 15) is 27.6 Å². The predicted molar refractivity (Wildman–Crippen MR) is 77.0 cm³/mol. The van der Waals surface area contributed by atoms with Gasteiger partial charge in [0.2, 0.25) is 5.91 Å². The Morgan fingerprint density at radius 3 is 2.80 bits per heavy atom. The van der Waals surface area contributed by atoms with E-state index in [1.54, 1.807) is 0 Å². The van der Waals surface area contributed by atoms with E-state index in [-0.39, 0.29) is 19.0 Å². The third-order valence-electron chi connectivity index (χ3n) is 4.57. The van der Waals surface area contributed by atoms with Crippen LogP contribution in [0.25, 0.3) is 0 Å². The normalized spacial score (nSPS) is 26.0. The number of aromatic nitrogens is 2. The van der Waals surface area contributed by atoms with Crippen LogP contribution in [0.5, 0.6) is 0 Å². The maximum atomic E-state index is 12.5. The molecule has 8 nitrogen and oxygen atoms in total. The molecule has 3 N–H and O–H groups in total. The molecule has 2 heterocycles. The number of carbonyl (C=O) groups excluding carboxylic acids is 3. The van der Waals surface area contributed by atoms with Gasteiger partial charge < -0.3 is 10.6 Å². The number of amides is 4. The van der Waals surface area contributed by atoms with Gasteiger partial charge in [0.25, 0.3) is 5.91 Å². The minimum Gasteiger partial charge on any atom is -0.354 e. The van der Waals surface area contributed by atoms with Gasteiger partial charge >= 0.3 is 12.2 Å². The van der Waals surface area contributed by atoms with Gasteiger partial charge in [-0.1, -0.05) is 6.42 Å². The largest absolute Gasteiger partial charge is 0.435 e. The van der Waals surface area contributed by atoms with E-state index in [1.165, 1.54) is 0 Å². The first-order valence-electron chi connectivity index (χ1n) is 7.72. The van der Waals surface area contributed by atoms with Gasteiger partial charge in [-0.25, -0.2) is 4.79 Å². The standard InChI is InChI=1S/C14H16F3N5O3/c15-14(16,17)9-3-5-22(21-9)7-10(23)18-6-8-2-1-4-13(8)11(24)19-12(25)20-13/h3,5,8H,1-2,4,6-7H2,(H,18,23)(H2,19,20,24,25). The number of halogens is 3. The number of nitrogens with one attached hydrogen (secondary N) is 3. The smallest absolute Gasteiger partial charge is 0.354 e. The highest BCUT2D eigenvalue weighted by Gasteiger charge is 2.54. The predicted octanol–water partition coefficient (Wildman–Crippen LogP) is 0.396. The number of carbonyl (C=O) groups is 3. The summed E-state index contributed by atoms with van der Waals surface area (Å²) in [5.41, 5.74) is -2.08. The molecule has 1 aliphatic heterocycles. The van der Waals surface area contributed by atoms with Crippen molar-refractivity contribution in [2.24, 2.45) is 5.92 Å². The van der Waals surface area contributed by atoms with Crippen LogP contribution in [0.3, 0.4) is 0 Å². The average Bonchev–Trinajstić information content (AvgIpc) is 3.18. The molecule has 25 heavy (non-hydrogen) atoms. The molecule has 0 radical (unpaired) electrons. The third-order valence-corrected chi connectivity index (χ3v) is 4.57. The molecule has 2 atom stereocenters. The Morgan fingerprint density at radius 2 is 2.20 bits per heavy atom. The second-order valence-corrected chi connectivity index (χ2v) is 6.17.